The fraction of sp³-hybridized carbons (Fsp3) is 0.321. The first kappa shape index (κ1) is 21.8. The zero-order valence-electron chi connectivity index (χ0n) is 19.8. The summed E-state index contributed by atoms with van der Waals surface area (Å²) < 4.78 is 0. The number of anilines is 3. The van der Waals surface area contributed by atoms with Gasteiger partial charge in [0.2, 0.25) is 0 Å². The van der Waals surface area contributed by atoms with E-state index in [4.69, 9.17) is 0 Å². The van der Waals surface area contributed by atoms with E-state index in [1.54, 1.807) is 6.20 Å². The predicted molar refractivity (Wildman–Crippen MR) is 140 cm³/mol. The van der Waals surface area contributed by atoms with Crippen LogP contribution in [-0.4, -0.2) is 53.5 Å². The molecule has 2 saturated heterocycles. The Morgan fingerprint density at radius 1 is 0.943 bits per heavy atom. The fourth-order valence-corrected chi connectivity index (χ4v) is 5.01. The average Bonchev–Trinajstić information content (AvgIpc) is 3.41. The first-order chi connectivity index (χ1) is 17.2. The summed E-state index contributed by atoms with van der Waals surface area (Å²) in [6, 6.07) is 12.4. The van der Waals surface area contributed by atoms with Crippen LogP contribution in [0.1, 0.15) is 30.4 Å². The van der Waals surface area contributed by atoms with E-state index in [0.29, 0.717) is 17.8 Å². The van der Waals surface area contributed by atoms with Gasteiger partial charge in [-0.15, -0.1) is 0 Å². The summed E-state index contributed by atoms with van der Waals surface area (Å²) in [6.45, 7) is 5.98. The average molecular weight is 467 g/mol. The summed E-state index contributed by atoms with van der Waals surface area (Å²) in [5, 5.41) is 6.42. The van der Waals surface area contributed by atoms with E-state index in [1.807, 2.05) is 30.6 Å². The quantitative estimate of drug-likeness (QED) is 0.561. The molecule has 0 radical (unpaired) electrons. The third-order valence-corrected chi connectivity index (χ3v) is 7.07. The second-order valence-electron chi connectivity index (χ2n) is 9.52. The van der Waals surface area contributed by atoms with Gasteiger partial charge >= 0.3 is 0 Å². The third-order valence-electron chi connectivity index (χ3n) is 7.07. The molecular formula is C28H30N6O. The molecule has 7 nitrogen and oxygen atoms in total. The highest BCUT2D eigenvalue weighted by Crippen LogP contribution is 2.33. The number of fused-ring (bicyclic) bond motifs is 1. The second-order valence-corrected chi connectivity index (χ2v) is 9.52. The number of aromatic nitrogens is 2. The van der Waals surface area contributed by atoms with E-state index in [0.717, 1.165) is 60.9 Å². The molecule has 35 heavy (non-hydrogen) atoms. The van der Waals surface area contributed by atoms with Crippen molar-refractivity contribution < 1.29 is 4.79 Å². The number of pyridine rings is 2. The predicted octanol–water partition coefficient (Wildman–Crippen LogP) is 4.40. The summed E-state index contributed by atoms with van der Waals surface area (Å²) in [5.74, 6) is 0.854. The highest BCUT2D eigenvalue weighted by molar-refractivity contribution is 6.27. The summed E-state index contributed by atoms with van der Waals surface area (Å²) in [7, 11) is 0. The molecule has 3 aliphatic heterocycles. The molecule has 0 unspecified atom stereocenters. The Morgan fingerprint density at radius 3 is 2.60 bits per heavy atom. The lowest BCUT2D eigenvalue weighted by Gasteiger charge is -2.30. The van der Waals surface area contributed by atoms with Gasteiger partial charge in [0.25, 0.3) is 5.91 Å². The van der Waals surface area contributed by atoms with Crippen molar-refractivity contribution in [1.29, 1.82) is 0 Å². The lowest BCUT2D eigenvalue weighted by Crippen LogP contribution is -2.36. The maximum atomic E-state index is 13.3. The van der Waals surface area contributed by atoms with Crippen LogP contribution in [0.25, 0.3) is 16.7 Å². The van der Waals surface area contributed by atoms with E-state index < -0.39 is 0 Å². The highest BCUT2D eigenvalue weighted by Gasteiger charge is 2.21. The van der Waals surface area contributed by atoms with Crippen LogP contribution < -0.4 is 15.5 Å². The standard InChI is InChI=1S/C28H30N6O/c35-28(32-23-5-7-27(31-18-23)34-12-1-2-13-34)24-8-9-30-26-6-4-21(15-25(24)26)22-14-20(16-29-17-22)19-33-10-3-11-33/h4-8,14-18,30H,1-3,9-13,19H2,(H,32,35). The van der Waals surface area contributed by atoms with Crippen molar-refractivity contribution in [3.05, 3.63) is 72.2 Å². The summed E-state index contributed by atoms with van der Waals surface area (Å²) in [6.07, 6.45) is 11.2. The Kier molecular flexibility index (Phi) is 5.92. The SMILES string of the molecule is O=C(Nc1ccc(N2CCCC2)nc1)C1=CCNc2ccc(-c3cncc(CN4CCC4)c3)cc21. The molecule has 3 aromatic rings. The maximum absolute atomic E-state index is 13.3. The lowest BCUT2D eigenvalue weighted by molar-refractivity contribution is -0.111. The van der Waals surface area contributed by atoms with Crippen molar-refractivity contribution in [1.82, 2.24) is 14.9 Å². The van der Waals surface area contributed by atoms with Gasteiger partial charge in [0.15, 0.2) is 0 Å². The van der Waals surface area contributed by atoms with E-state index >= 15 is 0 Å². The van der Waals surface area contributed by atoms with Crippen LogP contribution in [0.2, 0.25) is 0 Å². The Hall–Kier alpha value is -3.71. The van der Waals surface area contributed by atoms with Crippen molar-refractivity contribution >= 4 is 28.7 Å². The van der Waals surface area contributed by atoms with Gasteiger partial charge in [-0.2, -0.15) is 0 Å². The Morgan fingerprint density at radius 2 is 1.83 bits per heavy atom. The molecule has 1 aromatic carbocycles. The van der Waals surface area contributed by atoms with Crippen LogP contribution >= 0.6 is 0 Å². The Balaban J connectivity index is 1.21. The van der Waals surface area contributed by atoms with Crippen molar-refractivity contribution in [2.24, 2.45) is 0 Å². The summed E-state index contributed by atoms with van der Waals surface area (Å²) >= 11 is 0. The number of nitrogens with zero attached hydrogens (tertiary/aromatic N) is 4. The van der Waals surface area contributed by atoms with Crippen LogP contribution in [0.5, 0.6) is 0 Å². The van der Waals surface area contributed by atoms with Crippen molar-refractivity contribution in [2.75, 3.05) is 48.3 Å². The molecule has 0 atom stereocenters. The fourth-order valence-electron chi connectivity index (χ4n) is 5.01. The molecule has 5 heterocycles. The number of carbonyl (C=O) groups excluding carboxylic acids is 1. The van der Waals surface area contributed by atoms with E-state index in [2.05, 4.69) is 54.7 Å². The molecule has 178 valence electrons. The molecule has 2 fully saturated rings. The summed E-state index contributed by atoms with van der Waals surface area (Å²) in [5.41, 5.74) is 6.59. The van der Waals surface area contributed by atoms with Gasteiger partial charge in [-0.05, 0) is 73.8 Å². The van der Waals surface area contributed by atoms with Gasteiger partial charge in [-0.1, -0.05) is 12.1 Å². The minimum atomic E-state index is -0.120. The van der Waals surface area contributed by atoms with Crippen molar-refractivity contribution in [2.45, 2.75) is 25.8 Å². The number of carbonyl (C=O) groups is 1. The summed E-state index contributed by atoms with van der Waals surface area (Å²) in [4.78, 5) is 27.0. The van der Waals surface area contributed by atoms with Gasteiger partial charge in [0.05, 0.1) is 11.9 Å². The molecule has 0 bridgehead atoms. The van der Waals surface area contributed by atoms with E-state index in [1.165, 1.54) is 24.8 Å². The van der Waals surface area contributed by atoms with Crippen LogP contribution in [0.4, 0.5) is 17.2 Å². The number of hydrogen-bond donors (Lipinski definition) is 2. The van der Waals surface area contributed by atoms with Gasteiger partial charge in [0, 0.05) is 61.0 Å². The Labute approximate surface area is 205 Å². The molecule has 1 amide bonds. The van der Waals surface area contributed by atoms with Gasteiger partial charge in [-0.25, -0.2) is 4.98 Å². The van der Waals surface area contributed by atoms with E-state index in [-0.39, 0.29) is 5.91 Å². The minimum absolute atomic E-state index is 0.120. The number of amides is 1. The van der Waals surface area contributed by atoms with Crippen LogP contribution in [-0.2, 0) is 11.3 Å². The van der Waals surface area contributed by atoms with Crippen LogP contribution in [0.15, 0.2) is 61.1 Å². The van der Waals surface area contributed by atoms with Crippen molar-refractivity contribution in [3.8, 4) is 11.1 Å². The zero-order valence-corrected chi connectivity index (χ0v) is 19.8. The van der Waals surface area contributed by atoms with Crippen LogP contribution in [0, 0.1) is 0 Å². The topological polar surface area (TPSA) is 73.4 Å². The number of likely N-dealkylation sites (tertiary alicyclic amines) is 1. The third kappa shape index (κ3) is 4.64. The highest BCUT2D eigenvalue weighted by atomic mass is 16.1. The maximum Gasteiger partial charge on any atom is 0.256 e. The molecule has 0 spiro atoms. The van der Waals surface area contributed by atoms with Gasteiger partial charge in [-0.3, -0.25) is 14.7 Å². The lowest BCUT2D eigenvalue weighted by atomic mass is 9.94. The number of nitrogens with one attached hydrogen (secondary N) is 2. The molecular weight excluding hydrogens is 436 g/mol. The minimum Gasteiger partial charge on any atom is -0.381 e. The zero-order chi connectivity index (χ0) is 23.6. The first-order valence-corrected chi connectivity index (χ1v) is 12.5. The molecule has 3 aliphatic rings. The monoisotopic (exact) mass is 466 g/mol. The van der Waals surface area contributed by atoms with Gasteiger partial charge in [0.1, 0.15) is 5.82 Å². The smallest absolute Gasteiger partial charge is 0.256 e. The second kappa shape index (κ2) is 9.50. The molecule has 6 rings (SSSR count). The molecule has 7 heteroatoms. The number of rotatable bonds is 6. The van der Waals surface area contributed by atoms with Crippen molar-refractivity contribution in [3.63, 3.8) is 0 Å². The number of hydrogen-bond acceptors (Lipinski definition) is 6. The molecule has 0 saturated carbocycles. The van der Waals surface area contributed by atoms with Gasteiger partial charge < -0.3 is 15.5 Å². The molecule has 2 N–H and O–H groups in total. The Bertz CT molecular complexity index is 1260. The van der Waals surface area contributed by atoms with E-state index in [9.17, 15) is 4.79 Å². The van der Waals surface area contributed by atoms with Crippen LogP contribution in [0.3, 0.4) is 0 Å². The first-order valence-electron chi connectivity index (χ1n) is 12.5. The normalized spacial score (nSPS) is 17.3. The molecule has 2 aromatic heterocycles. The number of benzene rings is 1. The largest absolute Gasteiger partial charge is 0.381 e. The molecule has 0 aliphatic carbocycles.